The molecule has 2 nitrogen and oxygen atoms in total. The Morgan fingerprint density at radius 2 is 1.72 bits per heavy atom. The predicted molar refractivity (Wildman–Crippen MR) is 130 cm³/mol. The molecule has 4 heteroatoms. The molecule has 0 amide bonds. The number of halogens is 1. The number of benzene rings is 2. The molecule has 2 aromatic carbocycles. The second-order valence-electron chi connectivity index (χ2n) is 8.88. The number of aromatic nitrogens is 1. The van der Waals surface area contributed by atoms with Gasteiger partial charge in [-0.1, -0.05) is 69.2 Å². The molecular formula is C28H33IN2S. The molecule has 1 aliphatic carbocycles. The molecule has 1 heterocycles. The molecule has 0 bridgehead atoms. The van der Waals surface area contributed by atoms with Gasteiger partial charge in [0, 0.05) is 23.6 Å². The number of para-hydroxylation sites is 1. The van der Waals surface area contributed by atoms with Crippen LogP contribution in [0.2, 0.25) is 0 Å². The molecule has 0 spiro atoms. The van der Waals surface area contributed by atoms with Gasteiger partial charge in [0.25, 0.3) is 0 Å². The zero-order chi connectivity index (χ0) is 21.3. The molecular weight excluding hydrogens is 523 g/mol. The molecule has 1 saturated carbocycles. The van der Waals surface area contributed by atoms with E-state index in [1.165, 1.54) is 79.1 Å². The van der Waals surface area contributed by atoms with Crippen LogP contribution in [0.5, 0.6) is 0 Å². The number of hydrogen-bond donors (Lipinski definition) is 0. The maximum atomic E-state index is 8.98. The first-order valence-electron chi connectivity index (χ1n) is 11.9. The molecule has 0 unspecified atom stereocenters. The van der Waals surface area contributed by atoms with Crippen LogP contribution in [0.1, 0.15) is 68.9 Å². The van der Waals surface area contributed by atoms with Gasteiger partial charge in [-0.3, -0.25) is 0 Å². The largest absolute Gasteiger partial charge is 1.00 e. The lowest BCUT2D eigenvalue weighted by molar-refractivity contribution is -0.673. The molecule has 168 valence electrons. The van der Waals surface area contributed by atoms with E-state index in [0.717, 1.165) is 23.8 Å². The van der Waals surface area contributed by atoms with Gasteiger partial charge in [0.1, 0.15) is 6.54 Å². The van der Waals surface area contributed by atoms with E-state index in [-0.39, 0.29) is 24.0 Å². The van der Waals surface area contributed by atoms with E-state index in [4.69, 9.17) is 5.26 Å². The number of thioether (sulfide) groups is 1. The topological polar surface area (TPSA) is 27.7 Å². The van der Waals surface area contributed by atoms with E-state index in [0.29, 0.717) is 0 Å². The van der Waals surface area contributed by atoms with Gasteiger partial charge in [-0.15, -0.1) is 11.8 Å². The third-order valence-corrected chi connectivity index (χ3v) is 7.59. The first-order chi connectivity index (χ1) is 15.3. The second kappa shape index (κ2) is 13.2. The molecule has 3 aromatic rings. The Bertz CT molecular complexity index is 1020. The highest BCUT2D eigenvalue weighted by molar-refractivity contribution is 7.98. The molecule has 32 heavy (non-hydrogen) atoms. The summed E-state index contributed by atoms with van der Waals surface area (Å²) in [4.78, 5) is 1.31. The second-order valence-corrected chi connectivity index (χ2v) is 9.93. The molecule has 1 fully saturated rings. The minimum Gasteiger partial charge on any atom is -1.00 e. The van der Waals surface area contributed by atoms with Gasteiger partial charge in [0.05, 0.1) is 16.5 Å². The first-order valence-corrected chi connectivity index (χ1v) is 12.8. The number of fused-ring (bicyclic) bond motifs is 1. The predicted octanol–water partition coefficient (Wildman–Crippen LogP) is 4.44. The number of unbranched alkanes of at least 4 members (excludes halogenated alkanes) is 2. The van der Waals surface area contributed by atoms with Gasteiger partial charge in [-0.25, -0.2) is 0 Å². The van der Waals surface area contributed by atoms with Crippen molar-refractivity contribution >= 4 is 22.7 Å². The first kappa shape index (κ1) is 25.1. The van der Waals surface area contributed by atoms with Crippen LogP contribution in [0, 0.1) is 17.2 Å². The van der Waals surface area contributed by atoms with E-state index < -0.39 is 0 Å². The maximum Gasteiger partial charge on any atom is 0.212 e. The zero-order valence-corrected chi connectivity index (χ0v) is 21.8. The minimum atomic E-state index is 0. The number of aryl methyl sites for hydroxylation is 1. The highest BCUT2D eigenvalue weighted by Gasteiger charge is 2.14. The lowest BCUT2D eigenvalue weighted by Crippen LogP contribution is -3.00. The summed E-state index contributed by atoms with van der Waals surface area (Å²) in [7, 11) is 0. The fourth-order valence-corrected chi connectivity index (χ4v) is 5.70. The van der Waals surface area contributed by atoms with Gasteiger partial charge in [-0.2, -0.15) is 9.83 Å². The third kappa shape index (κ3) is 7.22. The number of rotatable bonds is 9. The highest BCUT2D eigenvalue weighted by atomic mass is 127. The van der Waals surface area contributed by atoms with E-state index >= 15 is 0 Å². The summed E-state index contributed by atoms with van der Waals surface area (Å²) in [5, 5.41) is 10.3. The van der Waals surface area contributed by atoms with E-state index in [1.54, 1.807) is 0 Å². The van der Waals surface area contributed by atoms with Crippen molar-refractivity contribution in [2.45, 2.75) is 75.0 Å². The average Bonchev–Trinajstić information content (AvgIpc) is 2.83. The zero-order valence-electron chi connectivity index (χ0n) is 18.8. The average molecular weight is 557 g/mol. The quantitative estimate of drug-likeness (QED) is 0.169. The molecule has 4 rings (SSSR count). The van der Waals surface area contributed by atoms with Crippen molar-refractivity contribution in [1.82, 2.24) is 0 Å². The van der Waals surface area contributed by atoms with Crippen molar-refractivity contribution in [3.8, 4) is 6.07 Å². The van der Waals surface area contributed by atoms with Crippen LogP contribution in [-0.4, -0.2) is 0 Å². The molecule has 0 radical (unpaired) electrons. The monoisotopic (exact) mass is 556 g/mol. The lowest BCUT2D eigenvalue weighted by atomic mass is 9.85. The molecule has 0 saturated heterocycles. The van der Waals surface area contributed by atoms with Crippen LogP contribution in [-0.2, 0) is 12.3 Å². The fourth-order valence-electron chi connectivity index (χ4n) is 4.76. The summed E-state index contributed by atoms with van der Waals surface area (Å²) in [5.41, 5.74) is 3.31. The Labute approximate surface area is 214 Å². The SMILES string of the molecule is N#Cc1ccc(CSc2cc3ccccc3[n+](CCCCCC3CCCCC3)c2)cc1.[I-]. The third-order valence-electron chi connectivity index (χ3n) is 6.55. The van der Waals surface area contributed by atoms with Crippen molar-refractivity contribution in [1.29, 1.82) is 5.26 Å². The standard InChI is InChI=1S/C28H33N2S.HI/c29-20-24-14-16-25(17-15-24)22-31-27-19-26-12-6-7-13-28(26)30(21-27)18-8-2-5-11-23-9-3-1-4-10-23;/h6-7,12-17,19,21,23H,1-5,8-11,18,22H2;1H/q+1;/p-1. The lowest BCUT2D eigenvalue weighted by Gasteiger charge is -2.21. The smallest absolute Gasteiger partial charge is 0.212 e. The minimum absolute atomic E-state index is 0. The Morgan fingerprint density at radius 1 is 0.938 bits per heavy atom. The van der Waals surface area contributed by atoms with Crippen LogP contribution in [0.15, 0.2) is 65.7 Å². The Hall–Kier alpha value is -1.58. The van der Waals surface area contributed by atoms with Crippen molar-refractivity contribution < 1.29 is 28.5 Å². The van der Waals surface area contributed by atoms with Gasteiger partial charge in [0.2, 0.25) is 5.52 Å². The number of nitriles is 1. The van der Waals surface area contributed by atoms with Crippen LogP contribution >= 0.6 is 11.8 Å². The van der Waals surface area contributed by atoms with Gasteiger partial charge in [0.15, 0.2) is 6.20 Å². The molecule has 0 atom stereocenters. The van der Waals surface area contributed by atoms with Crippen molar-refractivity contribution in [3.63, 3.8) is 0 Å². The number of hydrogen-bond acceptors (Lipinski definition) is 2. The van der Waals surface area contributed by atoms with Crippen LogP contribution in [0.25, 0.3) is 10.9 Å². The molecule has 0 aliphatic heterocycles. The van der Waals surface area contributed by atoms with Gasteiger partial charge < -0.3 is 24.0 Å². The van der Waals surface area contributed by atoms with Crippen molar-refractivity contribution in [2.75, 3.05) is 0 Å². The molecule has 1 aliphatic rings. The van der Waals surface area contributed by atoms with Crippen molar-refractivity contribution in [2.24, 2.45) is 5.92 Å². The summed E-state index contributed by atoms with van der Waals surface area (Å²) < 4.78 is 2.46. The molecule has 0 N–H and O–H groups in total. The summed E-state index contributed by atoms with van der Waals surface area (Å²) in [6.45, 7) is 1.09. The maximum absolute atomic E-state index is 8.98. The van der Waals surface area contributed by atoms with Crippen molar-refractivity contribution in [3.05, 3.63) is 71.9 Å². The summed E-state index contributed by atoms with van der Waals surface area (Å²) >= 11 is 1.87. The Morgan fingerprint density at radius 3 is 2.50 bits per heavy atom. The van der Waals surface area contributed by atoms with Crippen LogP contribution in [0.4, 0.5) is 0 Å². The number of nitrogens with zero attached hydrogens (tertiary/aromatic N) is 2. The van der Waals surface area contributed by atoms with Gasteiger partial charge in [-0.05, 0) is 42.2 Å². The Balaban J connectivity index is 0.00000289. The number of pyridine rings is 1. The van der Waals surface area contributed by atoms with E-state index in [1.807, 2.05) is 23.9 Å². The highest BCUT2D eigenvalue weighted by Crippen LogP contribution is 2.28. The van der Waals surface area contributed by atoms with E-state index in [9.17, 15) is 0 Å². The van der Waals surface area contributed by atoms with E-state index in [2.05, 4.69) is 59.3 Å². The van der Waals surface area contributed by atoms with Crippen LogP contribution in [0.3, 0.4) is 0 Å². The summed E-state index contributed by atoms with van der Waals surface area (Å²) in [6.07, 6.45) is 15.1. The van der Waals surface area contributed by atoms with Crippen LogP contribution < -0.4 is 28.5 Å². The van der Waals surface area contributed by atoms with Gasteiger partial charge >= 0.3 is 0 Å². The fraction of sp³-hybridized carbons (Fsp3) is 0.429. The summed E-state index contributed by atoms with van der Waals surface area (Å²) in [5.74, 6) is 1.93. The Kier molecular flexibility index (Phi) is 10.3. The summed E-state index contributed by atoms with van der Waals surface area (Å²) in [6, 6.07) is 21.2. The normalized spacial score (nSPS) is 14.1. The molecule has 1 aromatic heterocycles.